The molecular formula is C20H20N2O3. The van der Waals surface area contributed by atoms with E-state index in [-0.39, 0.29) is 12.4 Å². The number of rotatable bonds is 6. The van der Waals surface area contributed by atoms with Gasteiger partial charge in [-0.2, -0.15) is 0 Å². The monoisotopic (exact) mass is 336 g/mol. The van der Waals surface area contributed by atoms with Crippen LogP contribution >= 0.6 is 0 Å². The van der Waals surface area contributed by atoms with Crippen LogP contribution in [0, 0.1) is 0 Å². The van der Waals surface area contributed by atoms with Crippen molar-refractivity contribution in [3.8, 4) is 5.75 Å². The van der Waals surface area contributed by atoms with Crippen LogP contribution in [0.25, 0.3) is 10.9 Å². The summed E-state index contributed by atoms with van der Waals surface area (Å²) in [4.78, 5) is 16.1. The summed E-state index contributed by atoms with van der Waals surface area (Å²) in [7, 11) is 3.04. The number of nitrogens with one attached hydrogen (secondary N) is 1. The van der Waals surface area contributed by atoms with Crippen molar-refractivity contribution in [1.82, 2.24) is 4.98 Å². The third-order valence-electron chi connectivity index (χ3n) is 3.98. The minimum Gasteiger partial charge on any atom is -0.496 e. The quantitative estimate of drug-likeness (QED) is 0.697. The molecule has 2 aromatic carbocycles. The molecule has 1 N–H and O–H groups in total. The molecule has 0 amide bonds. The second kappa shape index (κ2) is 7.66. The van der Waals surface area contributed by atoms with E-state index in [1.54, 1.807) is 7.11 Å². The van der Waals surface area contributed by atoms with Crippen molar-refractivity contribution in [2.45, 2.75) is 13.0 Å². The molecule has 1 heterocycles. The Hall–Kier alpha value is -3.08. The SMILES string of the molecule is COC(=O)Cc1cc(NCc2ccccc2OC)c2ccccc2n1. The molecule has 0 saturated heterocycles. The van der Waals surface area contributed by atoms with Crippen molar-refractivity contribution >= 4 is 22.6 Å². The highest BCUT2D eigenvalue weighted by Gasteiger charge is 2.10. The second-order valence-electron chi connectivity index (χ2n) is 5.60. The lowest BCUT2D eigenvalue weighted by Gasteiger charge is -2.13. The van der Waals surface area contributed by atoms with Crippen molar-refractivity contribution in [2.24, 2.45) is 0 Å². The molecule has 0 radical (unpaired) electrons. The van der Waals surface area contributed by atoms with Crippen LogP contribution in [0.15, 0.2) is 54.6 Å². The summed E-state index contributed by atoms with van der Waals surface area (Å²) in [5.74, 6) is 0.529. The van der Waals surface area contributed by atoms with E-state index < -0.39 is 0 Å². The van der Waals surface area contributed by atoms with Gasteiger partial charge in [0.25, 0.3) is 0 Å². The number of ether oxygens (including phenoxy) is 2. The van der Waals surface area contributed by atoms with E-state index in [2.05, 4.69) is 10.3 Å². The van der Waals surface area contributed by atoms with Gasteiger partial charge in [0.1, 0.15) is 5.75 Å². The highest BCUT2D eigenvalue weighted by molar-refractivity contribution is 5.92. The number of esters is 1. The van der Waals surface area contributed by atoms with Gasteiger partial charge in [-0.3, -0.25) is 9.78 Å². The van der Waals surface area contributed by atoms with Crippen molar-refractivity contribution in [3.63, 3.8) is 0 Å². The Bertz CT molecular complexity index is 893. The molecule has 0 fully saturated rings. The predicted molar refractivity (Wildman–Crippen MR) is 97.8 cm³/mol. The minimum atomic E-state index is -0.307. The molecule has 25 heavy (non-hydrogen) atoms. The highest BCUT2D eigenvalue weighted by atomic mass is 16.5. The zero-order valence-corrected chi connectivity index (χ0v) is 14.3. The zero-order chi connectivity index (χ0) is 17.6. The van der Waals surface area contributed by atoms with Crippen LogP contribution in [0.3, 0.4) is 0 Å². The van der Waals surface area contributed by atoms with Gasteiger partial charge in [0.2, 0.25) is 0 Å². The summed E-state index contributed by atoms with van der Waals surface area (Å²) in [5.41, 5.74) is 3.50. The van der Waals surface area contributed by atoms with E-state index >= 15 is 0 Å². The summed E-state index contributed by atoms with van der Waals surface area (Å²) >= 11 is 0. The molecule has 0 saturated carbocycles. The Morgan fingerprint density at radius 2 is 1.84 bits per heavy atom. The molecular weight excluding hydrogens is 316 g/mol. The van der Waals surface area contributed by atoms with Crippen LogP contribution in [0.2, 0.25) is 0 Å². The first-order valence-corrected chi connectivity index (χ1v) is 8.02. The molecule has 0 aliphatic rings. The lowest BCUT2D eigenvalue weighted by Crippen LogP contribution is -2.08. The molecule has 0 bridgehead atoms. The number of anilines is 1. The van der Waals surface area contributed by atoms with Gasteiger partial charge in [0, 0.05) is 23.2 Å². The maximum atomic E-state index is 11.6. The number of fused-ring (bicyclic) bond motifs is 1. The molecule has 5 nitrogen and oxygen atoms in total. The van der Waals surface area contributed by atoms with Crippen LogP contribution in [-0.2, 0) is 22.5 Å². The molecule has 3 aromatic rings. The maximum Gasteiger partial charge on any atom is 0.311 e. The predicted octanol–water partition coefficient (Wildman–Crippen LogP) is 3.57. The molecule has 0 unspecified atom stereocenters. The summed E-state index contributed by atoms with van der Waals surface area (Å²) < 4.78 is 10.1. The van der Waals surface area contributed by atoms with Gasteiger partial charge in [-0.05, 0) is 18.2 Å². The molecule has 128 valence electrons. The third kappa shape index (κ3) is 3.88. The summed E-state index contributed by atoms with van der Waals surface area (Å²) in [6.07, 6.45) is 0.144. The first-order chi connectivity index (χ1) is 12.2. The largest absolute Gasteiger partial charge is 0.496 e. The second-order valence-corrected chi connectivity index (χ2v) is 5.60. The third-order valence-corrected chi connectivity index (χ3v) is 3.98. The molecule has 1 aromatic heterocycles. The number of aromatic nitrogens is 1. The summed E-state index contributed by atoms with van der Waals surface area (Å²) in [5, 5.41) is 4.44. The van der Waals surface area contributed by atoms with Crippen molar-refractivity contribution in [2.75, 3.05) is 19.5 Å². The fraction of sp³-hybridized carbons (Fsp3) is 0.200. The minimum absolute atomic E-state index is 0.144. The Kier molecular flexibility index (Phi) is 5.14. The fourth-order valence-electron chi connectivity index (χ4n) is 2.73. The first kappa shape index (κ1) is 16.8. The number of carbonyl (C=O) groups is 1. The van der Waals surface area contributed by atoms with Crippen LogP contribution < -0.4 is 10.1 Å². The zero-order valence-electron chi connectivity index (χ0n) is 14.3. The average Bonchev–Trinajstić information content (AvgIpc) is 2.66. The number of hydrogen-bond acceptors (Lipinski definition) is 5. The molecule has 0 atom stereocenters. The van der Waals surface area contributed by atoms with Crippen LogP contribution in [-0.4, -0.2) is 25.2 Å². The van der Waals surface area contributed by atoms with Gasteiger partial charge < -0.3 is 14.8 Å². The van der Waals surface area contributed by atoms with Crippen molar-refractivity contribution in [3.05, 3.63) is 65.9 Å². The van der Waals surface area contributed by atoms with E-state index in [4.69, 9.17) is 9.47 Å². The standard InChI is InChI=1S/C20H20N2O3/c1-24-19-10-6-3-7-14(19)13-21-18-11-15(12-20(23)25-2)22-17-9-5-4-8-16(17)18/h3-11H,12-13H2,1-2H3,(H,21,22). The number of hydrogen-bond donors (Lipinski definition) is 1. The van der Waals surface area contributed by atoms with Crippen molar-refractivity contribution < 1.29 is 14.3 Å². The van der Waals surface area contributed by atoms with Gasteiger partial charge in [-0.1, -0.05) is 36.4 Å². The Labute approximate surface area is 146 Å². The Balaban J connectivity index is 1.92. The highest BCUT2D eigenvalue weighted by Crippen LogP contribution is 2.25. The summed E-state index contributed by atoms with van der Waals surface area (Å²) in [6.45, 7) is 0.607. The molecule has 0 aliphatic heterocycles. The van der Waals surface area contributed by atoms with Gasteiger partial charge in [-0.25, -0.2) is 0 Å². The number of benzene rings is 2. The van der Waals surface area contributed by atoms with Gasteiger partial charge in [0.05, 0.1) is 31.9 Å². The van der Waals surface area contributed by atoms with Gasteiger partial charge >= 0.3 is 5.97 Å². The lowest BCUT2D eigenvalue weighted by atomic mass is 10.1. The van der Waals surface area contributed by atoms with Gasteiger partial charge in [-0.15, -0.1) is 0 Å². The number of pyridine rings is 1. The normalized spacial score (nSPS) is 10.5. The molecule has 5 heteroatoms. The number of nitrogens with zero attached hydrogens (tertiary/aromatic N) is 1. The topological polar surface area (TPSA) is 60.5 Å². The van der Waals surface area contributed by atoms with E-state index in [9.17, 15) is 4.79 Å². The lowest BCUT2D eigenvalue weighted by molar-refractivity contribution is -0.139. The smallest absolute Gasteiger partial charge is 0.311 e. The van der Waals surface area contributed by atoms with E-state index in [1.807, 2.05) is 54.6 Å². The van der Waals surface area contributed by atoms with Crippen LogP contribution in [0.1, 0.15) is 11.3 Å². The first-order valence-electron chi connectivity index (χ1n) is 8.02. The van der Waals surface area contributed by atoms with E-state index in [0.717, 1.165) is 27.9 Å². The molecule has 0 spiro atoms. The fourth-order valence-corrected chi connectivity index (χ4v) is 2.73. The summed E-state index contributed by atoms with van der Waals surface area (Å²) in [6, 6.07) is 17.6. The number of carbonyl (C=O) groups excluding carboxylic acids is 1. The maximum absolute atomic E-state index is 11.6. The Morgan fingerprint density at radius 1 is 1.08 bits per heavy atom. The van der Waals surface area contributed by atoms with Crippen molar-refractivity contribution in [1.29, 1.82) is 0 Å². The van der Waals surface area contributed by atoms with E-state index in [0.29, 0.717) is 12.2 Å². The van der Waals surface area contributed by atoms with Gasteiger partial charge in [0.15, 0.2) is 0 Å². The number of methoxy groups -OCH3 is 2. The molecule has 0 aliphatic carbocycles. The van der Waals surface area contributed by atoms with Crippen LogP contribution in [0.5, 0.6) is 5.75 Å². The van der Waals surface area contributed by atoms with Crippen LogP contribution in [0.4, 0.5) is 5.69 Å². The average molecular weight is 336 g/mol. The molecule has 3 rings (SSSR count). The Morgan fingerprint density at radius 3 is 2.64 bits per heavy atom. The van der Waals surface area contributed by atoms with E-state index in [1.165, 1.54) is 7.11 Å². The number of para-hydroxylation sites is 2.